The lowest BCUT2D eigenvalue weighted by molar-refractivity contribution is 0.102. The first-order valence-electron chi connectivity index (χ1n) is 6.88. The summed E-state index contributed by atoms with van der Waals surface area (Å²) in [6, 6.07) is 12.7. The molecule has 1 atom stereocenters. The summed E-state index contributed by atoms with van der Waals surface area (Å²) < 4.78 is 0. The lowest BCUT2D eigenvalue weighted by Gasteiger charge is -2.15. The fourth-order valence-corrected chi connectivity index (χ4v) is 2.39. The standard InChI is InChI=1S/C17H17Cl2NO/c1-3-11(2)13-6-4-5-7-16(13)20-17(21)12-8-9-14(18)15(19)10-12/h4-11H,3H2,1-2H3,(H,20,21)/t11-/m0/s1. The van der Waals surface area contributed by atoms with E-state index in [-0.39, 0.29) is 5.91 Å². The molecule has 2 rings (SSSR count). The number of carbonyl (C=O) groups excluding carboxylic acids is 1. The fourth-order valence-electron chi connectivity index (χ4n) is 2.09. The Morgan fingerprint density at radius 2 is 1.86 bits per heavy atom. The second-order valence-corrected chi connectivity index (χ2v) is 5.79. The molecule has 4 heteroatoms. The quantitative estimate of drug-likeness (QED) is 0.762. The molecule has 1 amide bonds. The largest absolute Gasteiger partial charge is 0.322 e. The van der Waals surface area contributed by atoms with E-state index in [1.54, 1.807) is 18.2 Å². The molecule has 0 saturated heterocycles. The number of rotatable bonds is 4. The molecular weight excluding hydrogens is 305 g/mol. The summed E-state index contributed by atoms with van der Waals surface area (Å²) >= 11 is 11.8. The van der Waals surface area contributed by atoms with Crippen LogP contribution in [0, 0.1) is 0 Å². The van der Waals surface area contributed by atoms with Gasteiger partial charge in [-0.1, -0.05) is 55.2 Å². The van der Waals surface area contributed by atoms with E-state index in [1.165, 1.54) is 0 Å². The van der Waals surface area contributed by atoms with Crippen LogP contribution in [0.1, 0.15) is 42.1 Å². The smallest absolute Gasteiger partial charge is 0.255 e. The Bertz CT molecular complexity index is 655. The van der Waals surface area contributed by atoms with Gasteiger partial charge in [0.25, 0.3) is 5.91 Å². The van der Waals surface area contributed by atoms with Crippen LogP contribution in [-0.4, -0.2) is 5.91 Å². The molecule has 2 aromatic carbocycles. The molecule has 0 saturated carbocycles. The van der Waals surface area contributed by atoms with Crippen LogP contribution < -0.4 is 5.32 Å². The Hall–Kier alpha value is -1.51. The third-order valence-electron chi connectivity index (χ3n) is 3.53. The first-order valence-corrected chi connectivity index (χ1v) is 7.63. The van der Waals surface area contributed by atoms with Gasteiger partial charge in [-0.05, 0) is 42.2 Å². The van der Waals surface area contributed by atoms with Gasteiger partial charge < -0.3 is 5.32 Å². The fraction of sp³-hybridized carbons (Fsp3) is 0.235. The van der Waals surface area contributed by atoms with Crippen LogP contribution in [0.3, 0.4) is 0 Å². The lowest BCUT2D eigenvalue weighted by Crippen LogP contribution is -2.13. The number of benzene rings is 2. The summed E-state index contributed by atoms with van der Waals surface area (Å²) in [4.78, 5) is 12.3. The van der Waals surface area contributed by atoms with E-state index in [0.717, 1.165) is 17.7 Å². The van der Waals surface area contributed by atoms with E-state index >= 15 is 0 Å². The van der Waals surface area contributed by atoms with Crippen molar-refractivity contribution in [2.75, 3.05) is 5.32 Å². The minimum Gasteiger partial charge on any atom is -0.322 e. The maximum atomic E-state index is 12.3. The van der Waals surface area contributed by atoms with Gasteiger partial charge in [0.1, 0.15) is 0 Å². The summed E-state index contributed by atoms with van der Waals surface area (Å²) in [5.41, 5.74) is 2.46. The van der Waals surface area contributed by atoms with Gasteiger partial charge in [-0.3, -0.25) is 4.79 Å². The molecule has 0 radical (unpaired) electrons. The molecule has 110 valence electrons. The molecule has 1 N–H and O–H groups in total. The first kappa shape index (κ1) is 15.9. The average molecular weight is 322 g/mol. The van der Waals surface area contributed by atoms with Gasteiger partial charge in [0.05, 0.1) is 10.0 Å². The number of amides is 1. The molecule has 0 spiro atoms. The normalized spacial score (nSPS) is 12.0. The topological polar surface area (TPSA) is 29.1 Å². The second-order valence-electron chi connectivity index (χ2n) is 4.98. The van der Waals surface area contributed by atoms with Crippen LogP contribution in [0.15, 0.2) is 42.5 Å². The van der Waals surface area contributed by atoms with Crippen molar-refractivity contribution in [2.45, 2.75) is 26.2 Å². The number of hydrogen-bond acceptors (Lipinski definition) is 1. The van der Waals surface area contributed by atoms with Crippen molar-refractivity contribution in [3.63, 3.8) is 0 Å². The van der Waals surface area contributed by atoms with Crippen LogP contribution in [0.2, 0.25) is 10.0 Å². The third kappa shape index (κ3) is 3.78. The van der Waals surface area contributed by atoms with E-state index in [0.29, 0.717) is 21.5 Å². The van der Waals surface area contributed by atoms with Crippen molar-refractivity contribution in [3.05, 3.63) is 63.6 Å². The van der Waals surface area contributed by atoms with E-state index < -0.39 is 0 Å². The highest BCUT2D eigenvalue weighted by molar-refractivity contribution is 6.42. The van der Waals surface area contributed by atoms with Gasteiger partial charge in [-0.2, -0.15) is 0 Å². The Morgan fingerprint density at radius 1 is 1.14 bits per heavy atom. The van der Waals surface area contributed by atoms with Gasteiger partial charge in [-0.15, -0.1) is 0 Å². The number of para-hydroxylation sites is 1. The predicted octanol–water partition coefficient (Wildman–Crippen LogP) is 5.76. The number of anilines is 1. The third-order valence-corrected chi connectivity index (χ3v) is 4.27. The van der Waals surface area contributed by atoms with Crippen LogP contribution in [0.4, 0.5) is 5.69 Å². The minimum atomic E-state index is -0.190. The molecule has 0 aliphatic rings. The van der Waals surface area contributed by atoms with Gasteiger partial charge in [0.2, 0.25) is 0 Å². The zero-order valence-corrected chi connectivity index (χ0v) is 13.5. The summed E-state index contributed by atoms with van der Waals surface area (Å²) in [5, 5.41) is 3.76. The second kappa shape index (κ2) is 6.97. The molecule has 0 aromatic heterocycles. The Morgan fingerprint density at radius 3 is 2.52 bits per heavy atom. The molecule has 0 unspecified atom stereocenters. The van der Waals surface area contributed by atoms with Crippen LogP contribution in [0.25, 0.3) is 0 Å². The average Bonchev–Trinajstić information content (AvgIpc) is 2.49. The van der Waals surface area contributed by atoms with Crippen molar-refractivity contribution in [3.8, 4) is 0 Å². The molecular formula is C17H17Cl2NO. The highest BCUT2D eigenvalue weighted by Gasteiger charge is 2.13. The van der Waals surface area contributed by atoms with Crippen molar-refractivity contribution in [1.29, 1.82) is 0 Å². The summed E-state index contributed by atoms with van der Waals surface area (Å²) in [6.07, 6.45) is 1.01. The lowest BCUT2D eigenvalue weighted by atomic mass is 9.97. The molecule has 0 aliphatic carbocycles. The van der Waals surface area contributed by atoms with Crippen LogP contribution >= 0.6 is 23.2 Å². The monoisotopic (exact) mass is 321 g/mol. The molecule has 0 bridgehead atoms. The van der Waals surface area contributed by atoms with Crippen molar-refractivity contribution >= 4 is 34.8 Å². The predicted molar refractivity (Wildman–Crippen MR) is 89.6 cm³/mol. The highest BCUT2D eigenvalue weighted by atomic mass is 35.5. The van der Waals surface area contributed by atoms with Gasteiger partial charge in [0.15, 0.2) is 0 Å². The molecule has 2 nitrogen and oxygen atoms in total. The zero-order chi connectivity index (χ0) is 15.4. The number of carbonyl (C=O) groups is 1. The van der Waals surface area contributed by atoms with Gasteiger partial charge >= 0.3 is 0 Å². The van der Waals surface area contributed by atoms with E-state index in [1.807, 2.05) is 24.3 Å². The molecule has 0 aliphatic heterocycles. The summed E-state index contributed by atoms with van der Waals surface area (Å²) in [5.74, 6) is 0.194. The van der Waals surface area contributed by atoms with Gasteiger partial charge in [0, 0.05) is 11.3 Å². The summed E-state index contributed by atoms with van der Waals surface area (Å²) in [7, 11) is 0. The SMILES string of the molecule is CC[C@H](C)c1ccccc1NC(=O)c1ccc(Cl)c(Cl)c1. The molecule has 0 heterocycles. The van der Waals surface area contributed by atoms with Crippen molar-refractivity contribution < 1.29 is 4.79 Å². The maximum absolute atomic E-state index is 12.3. The van der Waals surface area contributed by atoms with E-state index in [9.17, 15) is 4.79 Å². The number of halogens is 2. The van der Waals surface area contributed by atoms with E-state index in [2.05, 4.69) is 19.2 Å². The van der Waals surface area contributed by atoms with Crippen molar-refractivity contribution in [2.24, 2.45) is 0 Å². The summed E-state index contributed by atoms with van der Waals surface area (Å²) in [6.45, 7) is 4.27. The molecule has 21 heavy (non-hydrogen) atoms. The number of hydrogen-bond donors (Lipinski definition) is 1. The van der Waals surface area contributed by atoms with Crippen LogP contribution in [-0.2, 0) is 0 Å². The van der Waals surface area contributed by atoms with Crippen molar-refractivity contribution in [1.82, 2.24) is 0 Å². The molecule has 0 fully saturated rings. The Balaban J connectivity index is 2.25. The minimum absolute atomic E-state index is 0.190. The maximum Gasteiger partial charge on any atom is 0.255 e. The van der Waals surface area contributed by atoms with Crippen LogP contribution in [0.5, 0.6) is 0 Å². The van der Waals surface area contributed by atoms with E-state index in [4.69, 9.17) is 23.2 Å². The number of nitrogens with one attached hydrogen (secondary N) is 1. The van der Waals surface area contributed by atoms with Gasteiger partial charge in [-0.25, -0.2) is 0 Å². The molecule has 2 aromatic rings. The zero-order valence-electron chi connectivity index (χ0n) is 12.0. The Labute approximate surface area is 135 Å². The Kier molecular flexibility index (Phi) is 5.27. The first-order chi connectivity index (χ1) is 10.0. The highest BCUT2D eigenvalue weighted by Crippen LogP contribution is 2.28.